The molecule has 14 heteroatoms. The van der Waals surface area contributed by atoms with Crippen molar-refractivity contribution >= 4 is 43.9 Å². The highest BCUT2D eigenvalue weighted by Crippen LogP contribution is 2.35. The predicted octanol–water partition coefficient (Wildman–Crippen LogP) is 4.55. The van der Waals surface area contributed by atoms with Crippen molar-refractivity contribution < 1.29 is 21.6 Å². The number of benzene rings is 2. The van der Waals surface area contributed by atoms with Gasteiger partial charge in [0.15, 0.2) is 0 Å². The molecule has 4 aromatic rings. The molecule has 2 aromatic heterocycles. The molecule has 200 valence electrons. The zero-order chi connectivity index (χ0) is 27.1. The zero-order valence-electron chi connectivity index (χ0n) is 20.0. The SMILES string of the molecule is CS(=O)(=O)Nc1cccc(-c2cn([C@@H]3CNC[C@H](Nc4cc(C(F)(F)F)nc5ccc(Cl)cc45)C3)nn2)c1. The second kappa shape index (κ2) is 10.0. The average molecular weight is 566 g/mol. The Kier molecular flexibility index (Phi) is 6.92. The Labute approximate surface area is 221 Å². The number of hydrogen-bond donors (Lipinski definition) is 3. The third-order valence-electron chi connectivity index (χ3n) is 6.09. The van der Waals surface area contributed by atoms with Crippen LogP contribution in [0, 0.1) is 0 Å². The summed E-state index contributed by atoms with van der Waals surface area (Å²) in [6.45, 7) is 1.12. The van der Waals surface area contributed by atoms with Crippen LogP contribution in [0.4, 0.5) is 24.5 Å². The third kappa shape index (κ3) is 6.00. The maximum Gasteiger partial charge on any atom is 0.433 e. The van der Waals surface area contributed by atoms with E-state index in [1.165, 1.54) is 12.1 Å². The molecule has 2 atom stereocenters. The first-order chi connectivity index (χ1) is 17.9. The minimum atomic E-state index is -4.59. The van der Waals surface area contributed by atoms with Crippen molar-refractivity contribution in [2.75, 3.05) is 29.4 Å². The van der Waals surface area contributed by atoms with Gasteiger partial charge in [-0.05, 0) is 42.8 Å². The van der Waals surface area contributed by atoms with Gasteiger partial charge < -0.3 is 10.6 Å². The third-order valence-corrected chi connectivity index (χ3v) is 6.94. The molecule has 0 bridgehead atoms. The van der Waals surface area contributed by atoms with Gasteiger partial charge in [0.2, 0.25) is 10.0 Å². The molecule has 0 spiro atoms. The van der Waals surface area contributed by atoms with Gasteiger partial charge in [0.1, 0.15) is 11.4 Å². The summed E-state index contributed by atoms with van der Waals surface area (Å²) in [5.41, 5.74) is 1.16. The van der Waals surface area contributed by atoms with E-state index in [0.29, 0.717) is 52.6 Å². The predicted molar refractivity (Wildman–Crippen MR) is 140 cm³/mol. The first kappa shape index (κ1) is 26.2. The molecule has 2 aromatic carbocycles. The lowest BCUT2D eigenvalue weighted by Gasteiger charge is -2.31. The van der Waals surface area contributed by atoms with Gasteiger partial charge in [0, 0.05) is 46.5 Å². The van der Waals surface area contributed by atoms with Crippen molar-refractivity contribution in [3.63, 3.8) is 0 Å². The normalized spacial score (nSPS) is 18.4. The second-order valence-electron chi connectivity index (χ2n) is 9.14. The van der Waals surface area contributed by atoms with E-state index in [-0.39, 0.29) is 17.6 Å². The number of pyridine rings is 1. The summed E-state index contributed by atoms with van der Waals surface area (Å²) in [7, 11) is -3.43. The number of hydrogen-bond acceptors (Lipinski definition) is 7. The number of alkyl halides is 3. The van der Waals surface area contributed by atoms with Gasteiger partial charge in [0.05, 0.1) is 24.0 Å². The van der Waals surface area contributed by atoms with E-state index in [2.05, 4.69) is 30.7 Å². The number of nitrogens with one attached hydrogen (secondary N) is 3. The van der Waals surface area contributed by atoms with Crippen LogP contribution >= 0.6 is 11.6 Å². The number of sulfonamides is 1. The molecule has 3 heterocycles. The van der Waals surface area contributed by atoms with E-state index in [0.717, 1.165) is 12.3 Å². The average Bonchev–Trinajstić information content (AvgIpc) is 3.33. The Morgan fingerprint density at radius 2 is 1.95 bits per heavy atom. The molecule has 3 N–H and O–H groups in total. The Morgan fingerprint density at radius 1 is 1.13 bits per heavy atom. The number of piperidine rings is 1. The molecule has 1 fully saturated rings. The molecule has 38 heavy (non-hydrogen) atoms. The molecule has 5 rings (SSSR count). The van der Waals surface area contributed by atoms with Crippen LogP contribution in [0.1, 0.15) is 18.2 Å². The summed E-state index contributed by atoms with van der Waals surface area (Å²) in [4.78, 5) is 3.76. The van der Waals surface area contributed by atoms with E-state index in [1.54, 1.807) is 41.2 Å². The first-order valence-corrected chi connectivity index (χ1v) is 13.9. The second-order valence-corrected chi connectivity index (χ2v) is 11.3. The van der Waals surface area contributed by atoms with Crippen LogP contribution in [0.25, 0.3) is 22.2 Å². The van der Waals surface area contributed by atoms with Gasteiger partial charge in [-0.1, -0.05) is 28.9 Å². The highest BCUT2D eigenvalue weighted by Gasteiger charge is 2.34. The van der Waals surface area contributed by atoms with E-state index >= 15 is 0 Å². The van der Waals surface area contributed by atoms with Crippen molar-refractivity contribution in [1.82, 2.24) is 25.3 Å². The van der Waals surface area contributed by atoms with Crippen LogP contribution in [0.3, 0.4) is 0 Å². The maximum atomic E-state index is 13.5. The van der Waals surface area contributed by atoms with Gasteiger partial charge in [-0.3, -0.25) is 4.72 Å². The smallest absolute Gasteiger partial charge is 0.380 e. The number of halogens is 4. The lowest BCUT2D eigenvalue weighted by Crippen LogP contribution is -2.44. The number of fused-ring (bicyclic) bond motifs is 1. The summed E-state index contributed by atoms with van der Waals surface area (Å²) in [5.74, 6) is 0. The fourth-order valence-corrected chi connectivity index (χ4v) is 5.18. The molecular weight excluding hydrogens is 543 g/mol. The fraction of sp³-hybridized carbons (Fsp3) is 0.292. The molecule has 1 aliphatic rings. The minimum absolute atomic E-state index is 0.126. The molecule has 0 aliphatic carbocycles. The molecule has 9 nitrogen and oxygen atoms in total. The molecule has 1 aliphatic heterocycles. The van der Waals surface area contributed by atoms with Gasteiger partial charge in [0.25, 0.3) is 0 Å². The van der Waals surface area contributed by atoms with E-state index in [1.807, 2.05) is 0 Å². The Bertz CT molecular complexity index is 1590. The summed E-state index contributed by atoms with van der Waals surface area (Å²) in [5, 5.41) is 15.9. The lowest BCUT2D eigenvalue weighted by molar-refractivity contribution is -0.140. The van der Waals surface area contributed by atoms with Gasteiger partial charge in [-0.25, -0.2) is 18.1 Å². The van der Waals surface area contributed by atoms with Crippen LogP contribution in [-0.2, 0) is 16.2 Å². The lowest BCUT2D eigenvalue weighted by atomic mass is 10.0. The Hall–Kier alpha value is -3.42. The highest BCUT2D eigenvalue weighted by molar-refractivity contribution is 7.92. The monoisotopic (exact) mass is 565 g/mol. The van der Waals surface area contributed by atoms with Crippen molar-refractivity contribution in [3.05, 3.63) is 65.4 Å². The molecular formula is C24H23ClF3N7O2S. The first-order valence-electron chi connectivity index (χ1n) is 11.6. The van der Waals surface area contributed by atoms with Crippen LogP contribution < -0.4 is 15.4 Å². The van der Waals surface area contributed by atoms with Crippen LogP contribution in [0.15, 0.2) is 54.7 Å². The van der Waals surface area contributed by atoms with Crippen molar-refractivity contribution in [1.29, 1.82) is 0 Å². The van der Waals surface area contributed by atoms with Crippen molar-refractivity contribution in [3.8, 4) is 11.3 Å². The Morgan fingerprint density at radius 3 is 2.71 bits per heavy atom. The standard InChI is InChI=1S/C24H23ClF3N7O2S/c1-38(36,37)33-16-4-2-3-14(7-16)22-13-35(34-32-22)18-9-17(11-29-12-18)30-21-10-23(24(26,27)28)31-20-6-5-15(25)8-19(20)21/h2-8,10,13,17-18,29,33H,9,11-12H2,1H3,(H,30,31)/t17-,18+/m1/s1. The van der Waals surface area contributed by atoms with Crippen LogP contribution in [-0.4, -0.2) is 53.8 Å². The Balaban J connectivity index is 1.36. The van der Waals surface area contributed by atoms with Crippen LogP contribution in [0.5, 0.6) is 0 Å². The topological polar surface area (TPSA) is 114 Å². The quantitative estimate of drug-likeness (QED) is 0.314. The molecule has 0 unspecified atom stereocenters. The maximum absolute atomic E-state index is 13.5. The minimum Gasteiger partial charge on any atom is -0.380 e. The fourth-order valence-electron chi connectivity index (χ4n) is 4.46. The largest absolute Gasteiger partial charge is 0.433 e. The van der Waals surface area contributed by atoms with Gasteiger partial charge in [-0.2, -0.15) is 13.2 Å². The number of aromatic nitrogens is 4. The highest BCUT2D eigenvalue weighted by atomic mass is 35.5. The zero-order valence-corrected chi connectivity index (χ0v) is 21.6. The van der Waals surface area contributed by atoms with Crippen LogP contribution in [0.2, 0.25) is 5.02 Å². The number of rotatable bonds is 6. The van der Waals surface area contributed by atoms with E-state index in [4.69, 9.17) is 11.6 Å². The molecule has 0 saturated carbocycles. The molecule has 0 amide bonds. The molecule has 1 saturated heterocycles. The summed E-state index contributed by atoms with van der Waals surface area (Å²) < 4.78 is 67.8. The summed E-state index contributed by atoms with van der Waals surface area (Å²) in [6.07, 6.45) is -1.19. The van der Waals surface area contributed by atoms with E-state index in [9.17, 15) is 21.6 Å². The molecule has 0 radical (unpaired) electrons. The van der Waals surface area contributed by atoms with Gasteiger partial charge in [-0.15, -0.1) is 5.10 Å². The van der Waals surface area contributed by atoms with Gasteiger partial charge >= 0.3 is 6.18 Å². The van der Waals surface area contributed by atoms with Crippen molar-refractivity contribution in [2.24, 2.45) is 0 Å². The number of anilines is 2. The van der Waals surface area contributed by atoms with E-state index < -0.39 is 21.9 Å². The number of nitrogens with zero attached hydrogens (tertiary/aromatic N) is 4. The summed E-state index contributed by atoms with van der Waals surface area (Å²) in [6, 6.07) is 12.0. The summed E-state index contributed by atoms with van der Waals surface area (Å²) >= 11 is 6.12. The van der Waals surface area contributed by atoms with Crippen molar-refractivity contribution in [2.45, 2.75) is 24.7 Å².